The van der Waals surface area contributed by atoms with Crippen molar-refractivity contribution in [3.8, 4) is 0 Å². The maximum absolute atomic E-state index is 5.35. The van der Waals surface area contributed by atoms with Gasteiger partial charge in [0.05, 0.1) is 0 Å². The summed E-state index contributed by atoms with van der Waals surface area (Å²) < 4.78 is 5.35. The van der Waals surface area contributed by atoms with Gasteiger partial charge in [-0.3, -0.25) is 0 Å². The van der Waals surface area contributed by atoms with Gasteiger partial charge in [-0.25, -0.2) is 4.98 Å². The minimum atomic E-state index is 0.439. The van der Waals surface area contributed by atoms with Crippen molar-refractivity contribution in [3.63, 3.8) is 0 Å². The molecule has 0 saturated carbocycles. The van der Waals surface area contributed by atoms with Gasteiger partial charge in [0.2, 0.25) is 5.89 Å². The molecule has 1 N–H and O–H groups in total. The van der Waals surface area contributed by atoms with E-state index in [0.29, 0.717) is 17.2 Å². The molecule has 2 aromatic rings. The van der Waals surface area contributed by atoms with E-state index in [-0.39, 0.29) is 0 Å². The summed E-state index contributed by atoms with van der Waals surface area (Å²) in [6.45, 7) is 6.78. The summed E-state index contributed by atoms with van der Waals surface area (Å²) in [4.78, 5) is 4.36. The lowest BCUT2D eigenvalue weighted by atomic mass is 10.2. The highest BCUT2D eigenvalue weighted by Gasteiger charge is 2.10. The third-order valence-corrected chi connectivity index (χ3v) is 3.14. The molecule has 0 fully saturated rings. The van der Waals surface area contributed by atoms with Crippen molar-refractivity contribution in [3.05, 3.63) is 29.8 Å². The van der Waals surface area contributed by atoms with Crippen molar-refractivity contribution in [1.29, 1.82) is 0 Å². The van der Waals surface area contributed by atoms with E-state index < -0.39 is 0 Å². The molecule has 0 unspecified atom stereocenters. The highest BCUT2D eigenvalue weighted by atomic mass is 32.2. The Balaban J connectivity index is 2.11. The molecule has 0 amide bonds. The summed E-state index contributed by atoms with van der Waals surface area (Å²) in [5.74, 6) is 0.565. The molecule has 18 heavy (non-hydrogen) atoms. The van der Waals surface area contributed by atoms with Crippen LogP contribution in [0.2, 0.25) is 0 Å². The van der Waals surface area contributed by atoms with Crippen LogP contribution in [-0.4, -0.2) is 21.2 Å². The van der Waals surface area contributed by atoms with Gasteiger partial charge < -0.3 is 9.73 Å². The van der Waals surface area contributed by atoms with Crippen LogP contribution in [0.1, 0.15) is 25.3 Å². The van der Waals surface area contributed by atoms with Gasteiger partial charge in [0.1, 0.15) is 5.03 Å². The van der Waals surface area contributed by atoms with E-state index in [1.54, 1.807) is 13.1 Å². The van der Waals surface area contributed by atoms with Crippen molar-refractivity contribution < 1.29 is 4.42 Å². The zero-order chi connectivity index (χ0) is 13.0. The molecule has 0 spiro atoms. The van der Waals surface area contributed by atoms with Crippen LogP contribution in [0.3, 0.4) is 0 Å². The van der Waals surface area contributed by atoms with Crippen LogP contribution in [-0.2, 0) is 6.54 Å². The second-order valence-electron chi connectivity index (χ2n) is 4.19. The Morgan fingerprint density at radius 2 is 2.22 bits per heavy atom. The number of nitrogens with zero attached hydrogens (tertiary/aromatic N) is 3. The highest BCUT2D eigenvalue weighted by Crippen LogP contribution is 2.27. The van der Waals surface area contributed by atoms with E-state index in [2.05, 4.69) is 34.3 Å². The standard InChI is InChI=1S/C12H16N4OS/c1-8(2)14-7-10-5-4-6-13-11(10)18-12-16-15-9(3)17-12/h4-6,8,14H,7H2,1-3H3. The van der Waals surface area contributed by atoms with E-state index >= 15 is 0 Å². The lowest BCUT2D eigenvalue weighted by molar-refractivity contribution is 0.429. The van der Waals surface area contributed by atoms with Crippen molar-refractivity contribution in [1.82, 2.24) is 20.5 Å². The third-order valence-electron chi connectivity index (χ3n) is 2.24. The number of pyridine rings is 1. The van der Waals surface area contributed by atoms with Crippen LogP contribution in [0.4, 0.5) is 0 Å². The molecule has 2 rings (SSSR count). The van der Waals surface area contributed by atoms with Gasteiger partial charge >= 0.3 is 0 Å². The number of hydrogen-bond acceptors (Lipinski definition) is 6. The molecule has 0 aliphatic heterocycles. The van der Waals surface area contributed by atoms with Gasteiger partial charge in [0.25, 0.3) is 5.22 Å². The molecule has 0 radical (unpaired) electrons. The number of hydrogen-bond donors (Lipinski definition) is 1. The van der Waals surface area contributed by atoms with Crippen molar-refractivity contribution in [2.75, 3.05) is 0 Å². The summed E-state index contributed by atoms with van der Waals surface area (Å²) in [5, 5.41) is 12.6. The zero-order valence-corrected chi connectivity index (χ0v) is 11.5. The molecule has 5 nitrogen and oxygen atoms in total. The minimum Gasteiger partial charge on any atom is -0.416 e. The lowest BCUT2D eigenvalue weighted by Gasteiger charge is -2.10. The normalized spacial score (nSPS) is 11.1. The Bertz CT molecular complexity index is 512. The maximum Gasteiger partial charge on any atom is 0.282 e. The Morgan fingerprint density at radius 3 is 2.89 bits per heavy atom. The summed E-state index contributed by atoms with van der Waals surface area (Å²) in [7, 11) is 0. The van der Waals surface area contributed by atoms with Crippen LogP contribution in [0.5, 0.6) is 0 Å². The van der Waals surface area contributed by atoms with Crippen molar-refractivity contribution >= 4 is 11.8 Å². The van der Waals surface area contributed by atoms with Crippen LogP contribution < -0.4 is 5.32 Å². The summed E-state index contributed by atoms with van der Waals surface area (Å²) >= 11 is 1.40. The number of aromatic nitrogens is 3. The predicted octanol–water partition coefficient (Wildman–Crippen LogP) is 2.42. The molecule has 0 aromatic carbocycles. The fraction of sp³-hybridized carbons (Fsp3) is 0.417. The lowest BCUT2D eigenvalue weighted by Crippen LogP contribution is -2.22. The van der Waals surface area contributed by atoms with Crippen LogP contribution >= 0.6 is 11.8 Å². The van der Waals surface area contributed by atoms with Crippen molar-refractivity contribution in [2.45, 2.75) is 43.6 Å². The number of nitrogens with one attached hydrogen (secondary N) is 1. The van der Waals surface area contributed by atoms with Gasteiger partial charge in [0.15, 0.2) is 0 Å². The molecule has 0 atom stereocenters. The molecule has 96 valence electrons. The summed E-state index contributed by atoms with van der Waals surface area (Å²) in [6.07, 6.45) is 1.77. The first-order valence-corrected chi connectivity index (χ1v) is 6.62. The van der Waals surface area contributed by atoms with Crippen LogP contribution in [0.15, 0.2) is 33.0 Å². The second kappa shape index (κ2) is 5.97. The molecule has 6 heteroatoms. The molecule has 0 saturated heterocycles. The van der Waals surface area contributed by atoms with E-state index in [9.17, 15) is 0 Å². The van der Waals surface area contributed by atoms with E-state index in [1.165, 1.54) is 11.8 Å². The Morgan fingerprint density at radius 1 is 1.39 bits per heavy atom. The van der Waals surface area contributed by atoms with Gasteiger partial charge in [-0.2, -0.15) is 0 Å². The second-order valence-corrected chi connectivity index (χ2v) is 5.13. The largest absolute Gasteiger partial charge is 0.416 e. The summed E-state index contributed by atoms with van der Waals surface area (Å²) in [5.41, 5.74) is 1.13. The molecular weight excluding hydrogens is 248 g/mol. The molecule has 0 aliphatic carbocycles. The topological polar surface area (TPSA) is 63.8 Å². The fourth-order valence-corrected chi connectivity index (χ4v) is 2.16. The minimum absolute atomic E-state index is 0.439. The average Bonchev–Trinajstić information content (AvgIpc) is 2.73. The molecule has 2 heterocycles. The first-order valence-electron chi connectivity index (χ1n) is 5.80. The maximum atomic E-state index is 5.35. The first-order chi connectivity index (χ1) is 8.65. The van der Waals surface area contributed by atoms with Crippen molar-refractivity contribution in [2.24, 2.45) is 0 Å². The van der Waals surface area contributed by atoms with Gasteiger partial charge in [-0.15, -0.1) is 10.2 Å². The molecular formula is C12H16N4OS. The molecule has 2 aromatic heterocycles. The summed E-state index contributed by atoms with van der Waals surface area (Å²) in [6, 6.07) is 4.42. The van der Waals surface area contributed by atoms with Crippen LogP contribution in [0.25, 0.3) is 0 Å². The van der Waals surface area contributed by atoms with E-state index in [0.717, 1.165) is 17.1 Å². The van der Waals surface area contributed by atoms with Gasteiger partial charge in [-0.05, 0) is 23.4 Å². The zero-order valence-electron chi connectivity index (χ0n) is 10.7. The Kier molecular flexibility index (Phi) is 4.33. The number of rotatable bonds is 5. The Labute approximate surface area is 110 Å². The highest BCUT2D eigenvalue weighted by molar-refractivity contribution is 7.99. The van der Waals surface area contributed by atoms with Gasteiger partial charge in [-0.1, -0.05) is 19.9 Å². The van der Waals surface area contributed by atoms with Crippen LogP contribution in [0, 0.1) is 6.92 Å². The molecule has 0 bridgehead atoms. The van der Waals surface area contributed by atoms with E-state index in [4.69, 9.17) is 4.42 Å². The predicted molar refractivity (Wildman–Crippen MR) is 69.4 cm³/mol. The first kappa shape index (κ1) is 13.0. The quantitative estimate of drug-likeness (QED) is 0.894. The smallest absolute Gasteiger partial charge is 0.282 e. The monoisotopic (exact) mass is 264 g/mol. The SMILES string of the molecule is Cc1nnc(Sc2ncccc2CNC(C)C)o1. The number of aryl methyl sites for hydroxylation is 1. The molecule has 0 aliphatic rings. The Hall–Kier alpha value is -1.40. The van der Waals surface area contributed by atoms with Gasteiger partial charge in [0, 0.05) is 25.7 Å². The third kappa shape index (κ3) is 3.54. The van der Waals surface area contributed by atoms with E-state index in [1.807, 2.05) is 12.1 Å². The fourth-order valence-electron chi connectivity index (χ4n) is 1.37. The average molecular weight is 264 g/mol.